The second-order valence-corrected chi connectivity index (χ2v) is 6.43. The van der Waals surface area contributed by atoms with Gasteiger partial charge in [0.1, 0.15) is 0 Å². The van der Waals surface area contributed by atoms with Gasteiger partial charge in [-0.25, -0.2) is 9.67 Å². The Bertz CT molecular complexity index is 805. The Morgan fingerprint density at radius 1 is 1.04 bits per heavy atom. The minimum atomic E-state index is -0.0741. The highest BCUT2D eigenvalue weighted by Gasteiger charge is 2.25. The zero-order valence-corrected chi connectivity index (χ0v) is 13.4. The summed E-state index contributed by atoms with van der Waals surface area (Å²) in [5.41, 5.74) is 0.906. The summed E-state index contributed by atoms with van der Waals surface area (Å²) in [6.45, 7) is 1.60. The van der Waals surface area contributed by atoms with Gasteiger partial charge in [0.25, 0.3) is 5.91 Å². The van der Waals surface area contributed by atoms with Gasteiger partial charge in [-0.05, 0) is 36.4 Å². The number of nitrogens with zero attached hydrogens (tertiary/aromatic N) is 4. The molecule has 0 N–H and O–H groups in total. The number of rotatable bonds is 3. The van der Waals surface area contributed by atoms with Crippen molar-refractivity contribution in [3.63, 3.8) is 0 Å². The molecule has 0 atom stereocenters. The normalized spacial score (nSPS) is 14.3. The molecule has 23 heavy (non-hydrogen) atoms. The zero-order chi connectivity index (χ0) is 15.6. The van der Waals surface area contributed by atoms with Crippen LogP contribution in [-0.2, 0) is 0 Å². The molecule has 0 spiro atoms. The van der Waals surface area contributed by atoms with Crippen molar-refractivity contribution in [2.45, 2.75) is 12.8 Å². The SMILES string of the molecule is O=C(c1nc(-c2cccs2)n(-c2ccccc2)n1)N1CCCC1. The lowest BCUT2D eigenvalue weighted by molar-refractivity contribution is 0.0781. The molecule has 116 valence electrons. The molecule has 0 radical (unpaired) electrons. The Hall–Kier alpha value is -2.47. The lowest BCUT2D eigenvalue weighted by Crippen LogP contribution is -2.28. The molecule has 1 fully saturated rings. The van der Waals surface area contributed by atoms with Crippen molar-refractivity contribution in [1.82, 2.24) is 19.7 Å². The number of carbonyl (C=O) groups excluding carboxylic acids is 1. The number of para-hydroxylation sites is 1. The number of amides is 1. The summed E-state index contributed by atoms with van der Waals surface area (Å²) in [7, 11) is 0. The van der Waals surface area contributed by atoms with E-state index in [2.05, 4.69) is 10.1 Å². The van der Waals surface area contributed by atoms with E-state index in [1.807, 2.05) is 52.7 Å². The van der Waals surface area contributed by atoms with Gasteiger partial charge >= 0.3 is 0 Å². The van der Waals surface area contributed by atoms with Gasteiger partial charge in [0.05, 0.1) is 10.6 Å². The number of hydrogen-bond acceptors (Lipinski definition) is 4. The molecule has 5 nitrogen and oxygen atoms in total. The van der Waals surface area contributed by atoms with Crippen LogP contribution in [0.5, 0.6) is 0 Å². The van der Waals surface area contributed by atoms with Crippen molar-refractivity contribution in [2.24, 2.45) is 0 Å². The molecule has 3 aromatic rings. The van der Waals surface area contributed by atoms with Crippen molar-refractivity contribution in [2.75, 3.05) is 13.1 Å². The topological polar surface area (TPSA) is 51.0 Å². The molecule has 0 unspecified atom stereocenters. The van der Waals surface area contributed by atoms with Crippen molar-refractivity contribution >= 4 is 17.2 Å². The molecule has 6 heteroatoms. The van der Waals surface area contributed by atoms with E-state index in [4.69, 9.17) is 0 Å². The molecule has 3 heterocycles. The van der Waals surface area contributed by atoms with Crippen LogP contribution in [0.3, 0.4) is 0 Å². The number of aromatic nitrogens is 3. The first kappa shape index (κ1) is 14.1. The first-order valence-corrected chi connectivity index (χ1v) is 8.56. The Morgan fingerprint density at radius 2 is 1.83 bits per heavy atom. The minimum Gasteiger partial charge on any atom is -0.336 e. The van der Waals surface area contributed by atoms with Crippen molar-refractivity contribution in [1.29, 1.82) is 0 Å². The molecule has 0 aliphatic carbocycles. The second-order valence-electron chi connectivity index (χ2n) is 5.48. The molecule has 0 bridgehead atoms. The molecule has 2 aromatic heterocycles. The predicted octanol–water partition coefficient (Wildman–Crippen LogP) is 3.23. The number of benzene rings is 1. The van der Waals surface area contributed by atoms with Gasteiger partial charge in [-0.15, -0.1) is 16.4 Å². The van der Waals surface area contributed by atoms with Gasteiger partial charge in [0, 0.05) is 13.1 Å². The Labute approximate surface area is 138 Å². The standard InChI is InChI=1S/C17H16N4OS/c22-17(20-10-4-5-11-20)15-18-16(14-9-6-12-23-14)21(19-15)13-7-2-1-3-8-13/h1-3,6-9,12H,4-5,10-11H2. The Kier molecular flexibility index (Phi) is 3.67. The zero-order valence-electron chi connectivity index (χ0n) is 12.6. The summed E-state index contributed by atoms with van der Waals surface area (Å²) in [5, 5.41) is 6.50. The largest absolute Gasteiger partial charge is 0.336 e. The summed E-state index contributed by atoms with van der Waals surface area (Å²) < 4.78 is 1.76. The van der Waals surface area contributed by atoms with Crippen LogP contribution in [0, 0.1) is 0 Å². The molecule has 1 amide bonds. The van der Waals surface area contributed by atoms with E-state index in [0.29, 0.717) is 5.82 Å². The average molecular weight is 324 g/mol. The number of likely N-dealkylation sites (tertiary alicyclic amines) is 1. The average Bonchev–Trinajstić information content (AvgIpc) is 3.35. The van der Waals surface area contributed by atoms with Crippen LogP contribution in [0.2, 0.25) is 0 Å². The van der Waals surface area contributed by atoms with Crippen LogP contribution < -0.4 is 0 Å². The van der Waals surface area contributed by atoms with Crippen LogP contribution in [0.15, 0.2) is 47.8 Å². The van der Waals surface area contributed by atoms with Gasteiger partial charge in [0.15, 0.2) is 5.82 Å². The van der Waals surface area contributed by atoms with E-state index in [0.717, 1.165) is 36.5 Å². The van der Waals surface area contributed by atoms with E-state index in [1.165, 1.54) is 0 Å². The quantitative estimate of drug-likeness (QED) is 0.743. The lowest BCUT2D eigenvalue weighted by atomic mass is 10.3. The lowest BCUT2D eigenvalue weighted by Gasteiger charge is -2.11. The summed E-state index contributed by atoms with van der Waals surface area (Å²) in [5.74, 6) is 0.919. The van der Waals surface area contributed by atoms with Crippen LogP contribution in [0.4, 0.5) is 0 Å². The summed E-state index contributed by atoms with van der Waals surface area (Å²) >= 11 is 1.59. The van der Waals surface area contributed by atoms with Gasteiger partial charge < -0.3 is 4.90 Å². The molecule has 1 aliphatic rings. The maximum absolute atomic E-state index is 12.6. The maximum Gasteiger partial charge on any atom is 0.293 e. The molecular formula is C17H16N4OS. The number of carbonyl (C=O) groups is 1. The van der Waals surface area contributed by atoms with Gasteiger partial charge in [-0.2, -0.15) is 0 Å². The first-order chi connectivity index (χ1) is 11.3. The van der Waals surface area contributed by atoms with Crippen LogP contribution in [0.25, 0.3) is 16.4 Å². The Morgan fingerprint density at radius 3 is 2.52 bits per heavy atom. The molecule has 1 aliphatic heterocycles. The van der Waals surface area contributed by atoms with E-state index >= 15 is 0 Å². The molecular weight excluding hydrogens is 308 g/mol. The highest BCUT2D eigenvalue weighted by atomic mass is 32.1. The number of hydrogen-bond donors (Lipinski definition) is 0. The summed E-state index contributed by atoms with van der Waals surface area (Å²) in [6.07, 6.45) is 2.12. The van der Waals surface area contributed by atoms with Crippen LogP contribution in [-0.4, -0.2) is 38.7 Å². The van der Waals surface area contributed by atoms with E-state index < -0.39 is 0 Å². The molecule has 0 saturated carbocycles. The van der Waals surface area contributed by atoms with E-state index in [9.17, 15) is 4.79 Å². The third-order valence-corrected chi connectivity index (χ3v) is 4.80. The monoisotopic (exact) mass is 324 g/mol. The first-order valence-electron chi connectivity index (χ1n) is 7.68. The minimum absolute atomic E-state index is 0.0741. The van der Waals surface area contributed by atoms with Gasteiger partial charge in [-0.3, -0.25) is 4.79 Å². The third-order valence-electron chi connectivity index (χ3n) is 3.93. The molecule has 4 rings (SSSR count). The second kappa shape index (κ2) is 5.96. The third kappa shape index (κ3) is 2.66. The molecule has 1 aromatic carbocycles. The number of thiophene rings is 1. The van der Waals surface area contributed by atoms with Crippen molar-refractivity contribution in [3.05, 3.63) is 53.7 Å². The summed E-state index contributed by atoms with van der Waals surface area (Å²) in [4.78, 5) is 20.0. The van der Waals surface area contributed by atoms with Gasteiger partial charge in [0.2, 0.25) is 5.82 Å². The maximum atomic E-state index is 12.6. The highest BCUT2D eigenvalue weighted by molar-refractivity contribution is 7.13. The molecule has 1 saturated heterocycles. The van der Waals surface area contributed by atoms with Crippen molar-refractivity contribution < 1.29 is 4.79 Å². The summed E-state index contributed by atoms with van der Waals surface area (Å²) in [6, 6.07) is 13.8. The van der Waals surface area contributed by atoms with E-state index in [1.54, 1.807) is 16.0 Å². The van der Waals surface area contributed by atoms with Crippen LogP contribution in [0.1, 0.15) is 23.5 Å². The highest BCUT2D eigenvalue weighted by Crippen LogP contribution is 2.26. The fourth-order valence-corrected chi connectivity index (χ4v) is 3.48. The Balaban J connectivity index is 1.79. The van der Waals surface area contributed by atoms with Gasteiger partial charge in [-0.1, -0.05) is 24.3 Å². The van der Waals surface area contributed by atoms with Crippen LogP contribution >= 0.6 is 11.3 Å². The predicted molar refractivity (Wildman–Crippen MR) is 89.8 cm³/mol. The fraction of sp³-hybridized carbons (Fsp3) is 0.235. The van der Waals surface area contributed by atoms with E-state index in [-0.39, 0.29) is 11.7 Å². The smallest absolute Gasteiger partial charge is 0.293 e. The fourth-order valence-electron chi connectivity index (χ4n) is 2.78. The van der Waals surface area contributed by atoms with Crippen molar-refractivity contribution in [3.8, 4) is 16.4 Å².